The summed E-state index contributed by atoms with van der Waals surface area (Å²) in [5.74, 6) is 0.850. The van der Waals surface area contributed by atoms with E-state index in [1.165, 1.54) is 11.1 Å². The maximum Gasteiger partial charge on any atom is 0.244 e. The van der Waals surface area contributed by atoms with Crippen molar-refractivity contribution in [3.05, 3.63) is 35.4 Å². The first kappa shape index (κ1) is 15.1. The number of nitrogens with zero attached hydrogens (tertiary/aromatic N) is 1. The van der Waals surface area contributed by atoms with Crippen LogP contribution in [0.4, 0.5) is 0 Å². The van der Waals surface area contributed by atoms with Gasteiger partial charge in [-0.15, -0.1) is 11.8 Å². The molecule has 0 aromatic heterocycles. The summed E-state index contributed by atoms with van der Waals surface area (Å²) in [6, 6.07) is 8.14. The molecule has 2 amide bonds. The van der Waals surface area contributed by atoms with Crippen molar-refractivity contribution >= 4 is 23.6 Å². The van der Waals surface area contributed by atoms with Gasteiger partial charge in [-0.2, -0.15) is 0 Å². The van der Waals surface area contributed by atoms with Crippen LogP contribution < -0.4 is 5.32 Å². The molecule has 0 saturated carbocycles. The predicted molar refractivity (Wildman–Crippen MR) is 91.0 cm³/mol. The summed E-state index contributed by atoms with van der Waals surface area (Å²) in [5, 5.41) is 3.22. The molecule has 4 nitrogen and oxygen atoms in total. The van der Waals surface area contributed by atoms with Gasteiger partial charge in [-0.3, -0.25) is 9.59 Å². The molecule has 1 aliphatic carbocycles. The number of fused-ring (bicyclic) bond motifs is 2. The van der Waals surface area contributed by atoms with Gasteiger partial charge in [0.05, 0.1) is 10.9 Å². The molecule has 5 heteroatoms. The highest BCUT2D eigenvalue weighted by Crippen LogP contribution is 2.47. The summed E-state index contributed by atoms with van der Waals surface area (Å²) in [6.07, 6.45) is 4.59. The van der Waals surface area contributed by atoms with Gasteiger partial charge in [-0.1, -0.05) is 24.3 Å². The molecule has 2 fully saturated rings. The molecule has 23 heavy (non-hydrogen) atoms. The first-order valence-corrected chi connectivity index (χ1v) is 9.41. The zero-order valence-electron chi connectivity index (χ0n) is 13.4. The molecule has 1 aromatic rings. The van der Waals surface area contributed by atoms with Crippen LogP contribution in [0.2, 0.25) is 0 Å². The van der Waals surface area contributed by atoms with E-state index in [1.54, 1.807) is 11.8 Å². The number of thioether (sulfide) groups is 1. The van der Waals surface area contributed by atoms with Gasteiger partial charge in [-0.05, 0) is 43.7 Å². The lowest BCUT2D eigenvalue weighted by atomic mass is 9.87. The minimum atomic E-state index is -0.311. The van der Waals surface area contributed by atoms with Gasteiger partial charge in [-0.25, -0.2) is 0 Å². The van der Waals surface area contributed by atoms with Crippen LogP contribution >= 0.6 is 11.8 Å². The van der Waals surface area contributed by atoms with Gasteiger partial charge in [0.15, 0.2) is 0 Å². The second-order valence-corrected chi connectivity index (χ2v) is 8.42. The SMILES string of the molecule is C[C@]12CCC(=O)N1[C@@H](C(=O)N[C@@H]1CCCc3ccccc31)CS2. The fourth-order valence-corrected chi connectivity index (χ4v) is 5.62. The van der Waals surface area contributed by atoms with Gasteiger partial charge < -0.3 is 10.2 Å². The van der Waals surface area contributed by atoms with Crippen LogP contribution in [0, 0.1) is 0 Å². The Hall–Kier alpha value is -1.49. The van der Waals surface area contributed by atoms with Crippen molar-refractivity contribution in [2.45, 2.75) is 56.0 Å². The predicted octanol–water partition coefficient (Wildman–Crippen LogP) is 2.63. The monoisotopic (exact) mass is 330 g/mol. The minimum Gasteiger partial charge on any atom is -0.347 e. The molecule has 0 unspecified atom stereocenters. The Bertz CT molecular complexity index is 662. The van der Waals surface area contributed by atoms with Crippen LogP contribution in [-0.4, -0.2) is 33.4 Å². The number of carbonyl (C=O) groups excluding carboxylic acids is 2. The summed E-state index contributed by atoms with van der Waals surface area (Å²) >= 11 is 1.75. The molecular formula is C18H22N2O2S. The average Bonchev–Trinajstić information content (AvgIpc) is 3.04. The maximum atomic E-state index is 12.8. The van der Waals surface area contributed by atoms with Gasteiger partial charge in [0, 0.05) is 12.2 Å². The lowest BCUT2D eigenvalue weighted by Gasteiger charge is -2.32. The summed E-state index contributed by atoms with van der Waals surface area (Å²) in [6.45, 7) is 2.09. The lowest BCUT2D eigenvalue weighted by Crippen LogP contribution is -2.50. The van der Waals surface area contributed by atoms with Crippen molar-refractivity contribution in [1.29, 1.82) is 0 Å². The van der Waals surface area contributed by atoms with Crippen LogP contribution in [0.1, 0.15) is 49.8 Å². The van der Waals surface area contributed by atoms with E-state index in [0.717, 1.165) is 25.7 Å². The first-order chi connectivity index (χ1) is 11.1. The standard InChI is InChI=1S/C18H22N2O2S/c1-18-10-9-16(21)20(18)15(11-23-18)17(22)19-14-8-4-6-12-5-2-3-7-13(12)14/h2-3,5,7,14-15H,4,6,8-11H2,1H3,(H,19,22)/t14-,15-,18+/m1/s1. The van der Waals surface area contributed by atoms with E-state index >= 15 is 0 Å². The van der Waals surface area contributed by atoms with Crippen LogP contribution in [0.3, 0.4) is 0 Å². The van der Waals surface area contributed by atoms with Gasteiger partial charge >= 0.3 is 0 Å². The van der Waals surface area contributed by atoms with E-state index in [4.69, 9.17) is 0 Å². The smallest absolute Gasteiger partial charge is 0.244 e. The molecule has 1 aromatic carbocycles. The van der Waals surface area contributed by atoms with Gasteiger partial charge in [0.2, 0.25) is 11.8 Å². The highest BCUT2D eigenvalue weighted by Gasteiger charge is 2.53. The topological polar surface area (TPSA) is 49.4 Å². The fourth-order valence-electron chi connectivity index (χ4n) is 4.19. The van der Waals surface area contributed by atoms with Crippen molar-refractivity contribution in [3.63, 3.8) is 0 Å². The Balaban J connectivity index is 1.52. The first-order valence-electron chi connectivity index (χ1n) is 8.43. The Morgan fingerprint density at radius 1 is 1.35 bits per heavy atom. The second kappa shape index (κ2) is 5.55. The van der Waals surface area contributed by atoms with Crippen molar-refractivity contribution in [1.82, 2.24) is 10.2 Å². The number of hydrogen-bond acceptors (Lipinski definition) is 3. The summed E-state index contributed by atoms with van der Waals surface area (Å²) in [7, 11) is 0. The molecule has 2 heterocycles. The average molecular weight is 330 g/mol. The van der Waals surface area contributed by atoms with Crippen LogP contribution in [0.5, 0.6) is 0 Å². The van der Waals surface area contributed by atoms with Crippen molar-refractivity contribution in [3.8, 4) is 0 Å². The fraction of sp³-hybridized carbons (Fsp3) is 0.556. The molecule has 0 bridgehead atoms. The summed E-state index contributed by atoms with van der Waals surface area (Å²) in [5.41, 5.74) is 2.58. The Kier molecular flexibility index (Phi) is 3.63. The Labute approximate surface area is 141 Å². The molecule has 2 aliphatic heterocycles. The molecule has 3 aliphatic rings. The third-order valence-corrected chi connectivity index (χ3v) is 6.94. The van der Waals surface area contributed by atoms with E-state index in [-0.39, 0.29) is 28.8 Å². The third kappa shape index (κ3) is 2.45. The van der Waals surface area contributed by atoms with Crippen LogP contribution in [0.25, 0.3) is 0 Å². The number of rotatable bonds is 2. The van der Waals surface area contributed by atoms with E-state index < -0.39 is 0 Å². The van der Waals surface area contributed by atoms with Gasteiger partial charge in [0.1, 0.15) is 6.04 Å². The van der Waals surface area contributed by atoms with Crippen molar-refractivity contribution in [2.75, 3.05) is 5.75 Å². The molecule has 2 saturated heterocycles. The van der Waals surface area contributed by atoms with Crippen molar-refractivity contribution in [2.24, 2.45) is 0 Å². The largest absolute Gasteiger partial charge is 0.347 e. The second-order valence-electron chi connectivity index (χ2n) is 6.92. The molecular weight excluding hydrogens is 308 g/mol. The van der Waals surface area contributed by atoms with E-state index in [9.17, 15) is 9.59 Å². The number of hydrogen-bond donors (Lipinski definition) is 1. The third-order valence-electron chi connectivity index (χ3n) is 5.43. The number of aryl methyl sites for hydroxylation is 1. The number of nitrogens with one attached hydrogen (secondary N) is 1. The van der Waals surface area contributed by atoms with E-state index in [1.807, 2.05) is 11.0 Å². The highest BCUT2D eigenvalue weighted by molar-refractivity contribution is 8.01. The molecule has 4 rings (SSSR count). The van der Waals surface area contributed by atoms with E-state index in [0.29, 0.717) is 12.2 Å². The lowest BCUT2D eigenvalue weighted by molar-refractivity contribution is -0.138. The minimum absolute atomic E-state index is 0.0122. The number of amides is 2. The van der Waals surface area contributed by atoms with Crippen LogP contribution in [-0.2, 0) is 16.0 Å². The molecule has 1 N–H and O–H groups in total. The summed E-state index contributed by atoms with van der Waals surface area (Å²) < 4.78 is 0. The highest BCUT2D eigenvalue weighted by atomic mass is 32.2. The zero-order chi connectivity index (χ0) is 16.0. The molecule has 0 spiro atoms. The number of benzene rings is 1. The Morgan fingerprint density at radius 3 is 3.04 bits per heavy atom. The zero-order valence-corrected chi connectivity index (χ0v) is 14.2. The van der Waals surface area contributed by atoms with Gasteiger partial charge in [0.25, 0.3) is 0 Å². The molecule has 0 radical (unpaired) electrons. The maximum absolute atomic E-state index is 12.8. The molecule has 122 valence electrons. The summed E-state index contributed by atoms with van der Waals surface area (Å²) in [4.78, 5) is 26.7. The normalized spacial score (nSPS) is 32.6. The molecule has 3 atom stereocenters. The van der Waals surface area contributed by atoms with Crippen molar-refractivity contribution < 1.29 is 9.59 Å². The Morgan fingerprint density at radius 2 is 2.17 bits per heavy atom. The van der Waals surface area contributed by atoms with E-state index in [2.05, 4.69) is 30.4 Å². The quantitative estimate of drug-likeness (QED) is 0.907. The van der Waals surface area contributed by atoms with Crippen LogP contribution in [0.15, 0.2) is 24.3 Å². The number of carbonyl (C=O) groups is 2.